The van der Waals surface area contributed by atoms with E-state index >= 15 is 0 Å². The number of carboxylic acid groups (broad SMARTS) is 1. The van der Waals surface area contributed by atoms with Gasteiger partial charge in [0.15, 0.2) is 5.60 Å². The number of nitrogens with one attached hydrogen (secondary N) is 2. The molecule has 5 rings (SSSR count). The Morgan fingerprint density at radius 1 is 1.27 bits per heavy atom. The van der Waals surface area contributed by atoms with E-state index in [9.17, 15) is 10.1 Å². The number of aromatic nitrogens is 2. The minimum Gasteiger partial charge on any atom is -0.479 e. The van der Waals surface area contributed by atoms with E-state index in [1.165, 1.54) is 38.3 Å². The zero-order valence-electron chi connectivity index (χ0n) is 23.7. The number of nitriles is 1. The molecule has 10 nitrogen and oxygen atoms in total. The molecule has 2 aromatic rings. The lowest BCUT2D eigenvalue weighted by molar-refractivity contribution is -0.154. The third-order valence-corrected chi connectivity index (χ3v) is 8.33. The van der Waals surface area contributed by atoms with Gasteiger partial charge in [0.1, 0.15) is 11.6 Å². The number of aliphatic carboxylic acids is 1. The van der Waals surface area contributed by atoms with E-state index in [-0.39, 0.29) is 6.04 Å². The van der Waals surface area contributed by atoms with Crippen LogP contribution in [0, 0.1) is 16.7 Å². The summed E-state index contributed by atoms with van der Waals surface area (Å²) in [5, 5.41) is 25.8. The minimum atomic E-state index is -0.845. The third kappa shape index (κ3) is 8.76. The molecule has 11 heteroatoms. The van der Waals surface area contributed by atoms with Gasteiger partial charge in [-0.15, -0.1) is 0 Å². The van der Waals surface area contributed by atoms with Gasteiger partial charge in [0.05, 0.1) is 28.8 Å². The standard InChI is InChI=1S/C17H18ClN5O.C13H23NO3/c18-13-9-21-15(20)8-12(13)14-2-1-3-16(23-14)22-11-17(10-19)4-6-24-7-5-17;1-10(14-11-5-3-2-4-6-11)9-17-13(7-8-13)12(15)16/h1-3,8-9H,4-7,11H2,(H2,20,21)(H,22,23);10-11,14H,2-9H2,1H3,(H,15,16). The maximum Gasteiger partial charge on any atom is 0.335 e. The highest BCUT2D eigenvalue weighted by molar-refractivity contribution is 6.33. The van der Waals surface area contributed by atoms with Gasteiger partial charge >= 0.3 is 5.97 Å². The number of halogens is 1. The van der Waals surface area contributed by atoms with Crippen LogP contribution in [0.1, 0.15) is 64.7 Å². The summed E-state index contributed by atoms with van der Waals surface area (Å²) < 4.78 is 10.9. The van der Waals surface area contributed by atoms with Crippen molar-refractivity contribution in [1.82, 2.24) is 15.3 Å². The van der Waals surface area contributed by atoms with Crippen molar-refractivity contribution in [3.63, 3.8) is 0 Å². The maximum absolute atomic E-state index is 10.9. The SMILES string of the molecule is CC(COC1(C(=O)O)CC1)NC1CCCCC1.N#CC1(CNc2cccc(-c3cc(N)ncc3Cl)n2)CCOCC1. The maximum atomic E-state index is 10.9. The number of nitrogens with zero attached hydrogens (tertiary/aromatic N) is 3. The number of pyridine rings is 2. The van der Waals surface area contributed by atoms with Gasteiger partial charge in [0, 0.05) is 43.6 Å². The molecule has 1 saturated heterocycles. The van der Waals surface area contributed by atoms with E-state index in [2.05, 4.69) is 33.6 Å². The second-order valence-corrected chi connectivity index (χ2v) is 11.8. The van der Waals surface area contributed by atoms with Gasteiger partial charge in [-0.05, 0) is 63.6 Å². The van der Waals surface area contributed by atoms with Gasteiger partial charge in [0.25, 0.3) is 0 Å². The Kier molecular flexibility index (Phi) is 10.8. The molecule has 0 aromatic carbocycles. The van der Waals surface area contributed by atoms with Crippen molar-refractivity contribution in [2.45, 2.75) is 82.4 Å². The van der Waals surface area contributed by atoms with E-state index in [1.807, 2.05) is 18.2 Å². The number of hydrogen-bond donors (Lipinski definition) is 4. The summed E-state index contributed by atoms with van der Waals surface area (Å²) in [5.41, 5.74) is 5.92. The van der Waals surface area contributed by atoms with Gasteiger partial charge in [-0.2, -0.15) is 5.26 Å². The van der Waals surface area contributed by atoms with Crippen LogP contribution < -0.4 is 16.4 Å². The van der Waals surface area contributed by atoms with E-state index in [0.29, 0.717) is 67.6 Å². The molecule has 2 saturated carbocycles. The molecule has 2 aromatic heterocycles. The first-order valence-electron chi connectivity index (χ1n) is 14.5. The van der Waals surface area contributed by atoms with Crippen LogP contribution in [0.3, 0.4) is 0 Å². The summed E-state index contributed by atoms with van der Waals surface area (Å²) in [6, 6.07) is 10.6. The van der Waals surface area contributed by atoms with E-state index in [4.69, 9.17) is 31.9 Å². The zero-order valence-corrected chi connectivity index (χ0v) is 24.5. The van der Waals surface area contributed by atoms with Crippen LogP contribution in [0.4, 0.5) is 11.6 Å². The fourth-order valence-electron chi connectivity index (χ4n) is 5.22. The highest BCUT2D eigenvalue weighted by Gasteiger charge is 2.52. The van der Waals surface area contributed by atoms with Crippen LogP contribution in [-0.2, 0) is 14.3 Å². The summed E-state index contributed by atoms with van der Waals surface area (Å²) in [7, 11) is 0. The van der Waals surface area contributed by atoms with Gasteiger partial charge in [-0.3, -0.25) is 0 Å². The Bertz CT molecular complexity index is 1210. The topological polar surface area (TPSA) is 155 Å². The van der Waals surface area contributed by atoms with Crippen molar-refractivity contribution in [2.24, 2.45) is 5.41 Å². The lowest BCUT2D eigenvalue weighted by atomic mass is 9.82. The normalized spacial score (nSPS) is 20.1. The molecule has 0 amide bonds. The molecule has 41 heavy (non-hydrogen) atoms. The Labute approximate surface area is 247 Å². The zero-order chi connectivity index (χ0) is 29.3. The first-order valence-corrected chi connectivity index (χ1v) is 14.9. The first kappa shape index (κ1) is 31.0. The van der Waals surface area contributed by atoms with Crippen LogP contribution in [0.25, 0.3) is 11.3 Å². The first-order chi connectivity index (χ1) is 19.7. The highest BCUT2D eigenvalue weighted by atomic mass is 35.5. The average molecular weight is 585 g/mol. The number of anilines is 2. The molecular weight excluding hydrogens is 544 g/mol. The summed E-state index contributed by atoms with van der Waals surface area (Å²) in [6.45, 7) is 4.36. The van der Waals surface area contributed by atoms with Crippen molar-refractivity contribution >= 4 is 29.2 Å². The highest BCUT2D eigenvalue weighted by Crippen LogP contribution is 2.39. The smallest absolute Gasteiger partial charge is 0.335 e. The van der Waals surface area contributed by atoms with Crippen LogP contribution in [-0.4, -0.2) is 65.1 Å². The number of rotatable bonds is 10. The molecule has 1 aliphatic heterocycles. The Morgan fingerprint density at radius 3 is 2.66 bits per heavy atom. The van der Waals surface area contributed by atoms with Crippen molar-refractivity contribution in [3.05, 3.63) is 35.5 Å². The third-order valence-electron chi connectivity index (χ3n) is 8.03. The van der Waals surface area contributed by atoms with Crippen LogP contribution >= 0.6 is 11.6 Å². The van der Waals surface area contributed by atoms with Gasteiger partial charge in [0.2, 0.25) is 0 Å². The number of nitrogens with two attached hydrogens (primary N) is 1. The van der Waals surface area contributed by atoms with Gasteiger partial charge in [-0.25, -0.2) is 14.8 Å². The van der Waals surface area contributed by atoms with E-state index in [1.54, 1.807) is 6.07 Å². The Balaban J connectivity index is 0.000000201. The molecule has 1 atom stereocenters. The Morgan fingerprint density at radius 2 is 2.00 bits per heavy atom. The fraction of sp³-hybridized carbons (Fsp3) is 0.600. The van der Waals surface area contributed by atoms with E-state index in [0.717, 1.165) is 18.4 Å². The lowest BCUT2D eigenvalue weighted by Gasteiger charge is -2.30. The average Bonchev–Trinajstić information content (AvgIpc) is 3.79. The van der Waals surface area contributed by atoms with Crippen molar-refractivity contribution in [1.29, 1.82) is 5.26 Å². The van der Waals surface area contributed by atoms with Crippen molar-refractivity contribution in [3.8, 4) is 17.3 Å². The molecule has 0 radical (unpaired) electrons. The summed E-state index contributed by atoms with van der Waals surface area (Å²) in [4.78, 5) is 19.5. The fourth-order valence-corrected chi connectivity index (χ4v) is 5.42. The molecule has 5 N–H and O–H groups in total. The van der Waals surface area contributed by atoms with Crippen LogP contribution in [0.5, 0.6) is 0 Å². The van der Waals surface area contributed by atoms with Gasteiger partial charge in [-0.1, -0.05) is 36.9 Å². The predicted octanol–water partition coefficient (Wildman–Crippen LogP) is 5.04. The molecule has 222 valence electrons. The van der Waals surface area contributed by atoms with Gasteiger partial charge < -0.3 is 30.9 Å². The number of carboxylic acids is 1. The number of nitrogen functional groups attached to an aromatic ring is 1. The lowest BCUT2D eigenvalue weighted by Crippen LogP contribution is -2.42. The minimum absolute atomic E-state index is 0.245. The quantitative estimate of drug-likeness (QED) is 0.298. The number of hydrogen-bond acceptors (Lipinski definition) is 9. The summed E-state index contributed by atoms with van der Waals surface area (Å²) in [5.74, 6) is 0.280. The molecule has 0 spiro atoms. The second kappa shape index (κ2) is 14.3. The second-order valence-electron chi connectivity index (χ2n) is 11.4. The van der Waals surface area contributed by atoms with Crippen LogP contribution in [0.15, 0.2) is 30.5 Å². The summed E-state index contributed by atoms with van der Waals surface area (Å²) >= 11 is 6.19. The molecule has 3 fully saturated rings. The van der Waals surface area contributed by atoms with Crippen LogP contribution in [0.2, 0.25) is 5.02 Å². The predicted molar refractivity (Wildman–Crippen MR) is 159 cm³/mol. The van der Waals surface area contributed by atoms with Crippen molar-refractivity contribution < 1.29 is 19.4 Å². The molecule has 3 aliphatic rings. The van der Waals surface area contributed by atoms with E-state index < -0.39 is 17.0 Å². The molecule has 1 unspecified atom stereocenters. The molecular formula is C30H41ClN6O4. The molecule has 3 heterocycles. The monoisotopic (exact) mass is 584 g/mol. The Hall–Kier alpha value is -2.97. The van der Waals surface area contributed by atoms with Crippen molar-refractivity contribution in [2.75, 3.05) is 37.4 Å². The number of carbonyl (C=O) groups is 1. The molecule has 0 bridgehead atoms. The molecule has 2 aliphatic carbocycles. The number of ether oxygens (including phenoxy) is 2. The largest absolute Gasteiger partial charge is 0.479 e. The summed E-state index contributed by atoms with van der Waals surface area (Å²) in [6.07, 6.45) is 10.8.